The van der Waals surface area contributed by atoms with Gasteiger partial charge in [0.2, 0.25) is 5.95 Å². The Morgan fingerprint density at radius 3 is 2.46 bits per heavy atom. The van der Waals surface area contributed by atoms with E-state index < -0.39 is 5.60 Å². The fourth-order valence-corrected chi connectivity index (χ4v) is 6.18. The molecule has 0 spiro atoms. The lowest BCUT2D eigenvalue weighted by Gasteiger charge is -2.33. The van der Waals surface area contributed by atoms with Crippen LogP contribution in [0.4, 0.5) is 10.7 Å². The van der Waals surface area contributed by atoms with Crippen molar-refractivity contribution in [1.29, 1.82) is 0 Å². The molecule has 2 aliphatic rings. The Hall–Kier alpha value is -3.07. The number of carbonyl (C=O) groups is 2. The Labute approximate surface area is 234 Å². The van der Waals surface area contributed by atoms with Gasteiger partial charge in [0.15, 0.2) is 0 Å². The molecule has 1 aromatic carbocycles. The number of benzene rings is 1. The van der Waals surface area contributed by atoms with Crippen LogP contribution in [-0.2, 0) is 20.8 Å². The van der Waals surface area contributed by atoms with Crippen LogP contribution in [-0.4, -0.2) is 64.9 Å². The highest BCUT2D eigenvalue weighted by atomic mass is 32.1. The molecule has 210 valence electrons. The van der Waals surface area contributed by atoms with Gasteiger partial charge in [0.05, 0.1) is 30.1 Å². The lowest BCUT2D eigenvalue weighted by molar-refractivity contribution is -0.149. The normalized spacial score (nSPS) is 17.5. The Bertz CT molecular complexity index is 1250. The van der Waals surface area contributed by atoms with Gasteiger partial charge in [0.25, 0.3) is 0 Å². The standard InChI is InChI=1S/C30H40N4O4S/c1-30(2,3)38-29(36)33-14-8-22(9-15-33)12-18-37-27(35)24-10-16-32(17-11-24)28-31-25-6-4-5-7-26(25)34(28)20-23-13-19-39-21-23/h4-7,13,19,21-22,24H,8-12,14-18,20H2,1-3H3. The molecular formula is C30H40N4O4S. The fraction of sp³-hybridized carbons (Fsp3) is 0.567. The van der Waals surface area contributed by atoms with Gasteiger partial charge in [-0.05, 0) is 93.3 Å². The third-order valence-electron chi connectivity index (χ3n) is 7.70. The van der Waals surface area contributed by atoms with Crippen molar-refractivity contribution < 1.29 is 19.1 Å². The summed E-state index contributed by atoms with van der Waals surface area (Å²) in [6, 6.07) is 10.4. The van der Waals surface area contributed by atoms with Crippen LogP contribution < -0.4 is 4.90 Å². The number of rotatable bonds is 7. The number of likely N-dealkylation sites (tertiary alicyclic amines) is 1. The van der Waals surface area contributed by atoms with Crippen LogP contribution in [0.15, 0.2) is 41.1 Å². The number of amides is 1. The molecule has 0 unspecified atom stereocenters. The van der Waals surface area contributed by atoms with E-state index in [4.69, 9.17) is 14.5 Å². The smallest absolute Gasteiger partial charge is 0.410 e. The Balaban J connectivity index is 1.08. The SMILES string of the molecule is CC(C)(C)OC(=O)N1CCC(CCOC(=O)C2CCN(c3nc4ccccc4n3Cc3ccsc3)CC2)CC1. The quantitative estimate of drug-likeness (QED) is 0.338. The first-order valence-corrected chi connectivity index (χ1v) is 15.1. The van der Waals surface area contributed by atoms with E-state index in [0.29, 0.717) is 25.6 Å². The van der Waals surface area contributed by atoms with E-state index >= 15 is 0 Å². The van der Waals surface area contributed by atoms with Crippen LogP contribution in [0.1, 0.15) is 58.4 Å². The number of esters is 1. The van der Waals surface area contributed by atoms with Crippen LogP contribution in [0.5, 0.6) is 0 Å². The van der Waals surface area contributed by atoms with E-state index in [1.165, 1.54) is 5.56 Å². The van der Waals surface area contributed by atoms with Gasteiger partial charge >= 0.3 is 12.1 Å². The molecule has 39 heavy (non-hydrogen) atoms. The van der Waals surface area contributed by atoms with Crippen LogP contribution in [0.2, 0.25) is 0 Å². The minimum absolute atomic E-state index is 0.0648. The molecule has 0 atom stereocenters. The van der Waals surface area contributed by atoms with Gasteiger partial charge in [0, 0.05) is 26.2 Å². The number of piperidine rings is 2. The van der Waals surface area contributed by atoms with Crippen molar-refractivity contribution in [2.24, 2.45) is 11.8 Å². The predicted molar refractivity (Wildman–Crippen MR) is 154 cm³/mol. The summed E-state index contributed by atoms with van der Waals surface area (Å²) in [5.41, 5.74) is 2.94. The molecule has 0 bridgehead atoms. The van der Waals surface area contributed by atoms with Crippen molar-refractivity contribution in [3.8, 4) is 0 Å². The second kappa shape index (κ2) is 12.0. The third-order valence-corrected chi connectivity index (χ3v) is 8.44. The van der Waals surface area contributed by atoms with Crippen molar-refractivity contribution in [2.75, 3.05) is 37.7 Å². The highest BCUT2D eigenvalue weighted by Crippen LogP contribution is 2.29. The van der Waals surface area contributed by atoms with Gasteiger partial charge in [-0.15, -0.1) is 0 Å². The maximum Gasteiger partial charge on any atom is 0.410 e. The highest BCUT2D eigenvalue weighted by molar-refractivity contribution is 7.07. The monoisotopic (exact) mass is 552 g/mol. The number of para-hydroxylation sites is 2. The Morgan fingerprint density at radius 1 is 1.03 bits per heavy atom. The molecule has 4 heterocycles. The van der Waals surface area contributed by atoms with E-state index in [0.717, 1.165) is 68.7 Å². The predicted octanol–water partition coefficient (Wildman–Crippen LogP) is 5.94. The maximum absolute atomic E-state index is 12.8. The zero-order valence-corrected chi connectivity index (χ0v) is 24.1. The first kappa shape index (κ1) is 27.5. The molecular weight excluding hydrogens is 512 g/mol. The van der Waals surface area contributed by atoms with Crippen molar-refractivity contribution in [3.05, 3.63) is 46.7 Å². The second-order valence-corrected chi connectivity index (χ2v) is 12.5. The summed E-state index contributed by atoms with van der Waals surface area (Å²) in [4.78, 5) is 34.2. The molecule has 3 aromatic rings. The van der Waals surface area contributed by atoms with E-state index in [1.54, 1.807) is 16.2 Å². The lowest BCUT2D eigenvalue weighted by Crippen LogP contribution is -2.42. The molecule has 2 fully saturated rings. The minimum Gasteiger partial charge on any atom is -0.465 e. The first-order chi connectivity index (χ1) is 18.8. The topological polar surface area (TPSA) is 76.9 Å². The highest BCUT2D eigenvalue weighted by Gasteiger charge is 2.30. The van der Waals surface area contributed by atoms with Crippen molar-refractivity contribution in [1.82, 2.24) is 14.5 Å². The molecule has 2 aromatic heterocycles. The summed E-state index contributed by atoms with van der Waals surface area (Å²) in [5.74, 6) is 1.30. The molecule has 0 saturated carbocycles. The number of imidazole rings is 1. The van der Waals surface area contributed by atoms with Gasteiger partial charge in [0.1, 0.15) is 5.60 Å². The zero-order valence-electron chi connectivity index (χ0n) is 23.3. The summed E-state index contributed by atoms with van der Waals surface area (Å²) in [7, 11) is 0. The van der Waals surface area contributed by atoms with E-state index in [9.17, 15) is 9.59 Å². The molecule has 9 heteroatoms. The summed E-state index contributed by atoms with van der Waals surface area (Å²) >= 11 is 1.71. The molecule has 2 saturated heterocycles. The number of hydrogen-bond donors (Lipinski definition) is 0. The fourth-order valence-electron chi connectivity index (χ4n) is 5.52. The second-order valence-electron chi connectivity index (χ2n) is 11.7. The largest absolute Gasteiger partial charge is 0.465 e. The molecule has 8 nitrogen and oxygen atoms in total. The number of fused-ring (bicyclic) bond motifs is 1. The lowest BCUT2D eigenvalue weighted by atomic mass is 9.94. The van der Waals surface area contributed by atoms with Gasteiger partial charge in [-0.1, -0.05) is 12.1 Å². The number of thiophene rings is 1. The Kier molecular flexibility index (Phi) is 8.45. The van der Waals surface area contributed by atoms with Gasteiger partial charge in [-0.25, -0.2) is 9.78 Å². The number of anilines is 1. The molecule has 0 radical (unpaired) electrons. The average molecular weight is 553 g/mol. The molecule has 1 amide bonds. The van der Waals surface area contributed by atoms with Crippen molar-refractivity contribution in [2.45, 2.75) is 65.0 Å². The van der Waals surface area contributed by atoms with Crippen LogP contribution >= 0.6 is 11.3 Å². The van der Waals surface area contributed by atoms with Crippen LogP contribution in [0.25, 0.3) is 11.0 Å². The molecule has 2 aliphatic heterocycles. The van der Waals surface area contributed by atoms with Crippen molar-refractivity contribution >= 4 is 40.4 Å². The number of ether oxygens (including phenoxy) is 2. The Morgan fingerprint density at radius 2 is 1.77 bits per heavy atom. The van der Waals surface area contributed by atoms with Gasteiger partial charge in [-0.2, -0.15) is 11.3 Å². The average Bonchev–Trinajstić information content (AvgIpc) is 3.57. The molecule has 0 aliphatic carbocycles. The summed E-state index contributed by atoms with van der Waals surface area (Å²) in [5, 5.41) is 4.29. The van der Waals surface area contributed by atoms with Gasteiger partial charge < -0.3 is 23.8 Å². The van der Waals surface area contributed by atoms with E-state index in [2.05, 4.69) is 44.5 Å². The maximum atomic E-state index is 12.8. The summed E-state index contributed by atoms with van der Waals surface area (Å²) in [6.45, 7) is 9.87. The number of nitrogens with zero attached hydrogens (tertiary/aromatic N) is 4. The van der Waals surface area contributed by atoms with Crippen molar-refractivity contribution in [3.63, 3.8) is 0 Å². The summed E-state index contributed by atoms with van der Waals surface area (Å²) < 4.78 is 13.5. The zero-order chi connectivity index (χ0) is 27.4. The van der Waals surface area contributed by atoms with Crippen LogP contribution in [0, 0.1) is 11.8 Å². The molecule has 0 N–H and O–H groups in total. The van der Waals surface area contributed by atoms with Gasteiger partial charge in [-0.3, -0.25) is 4.79 Å². The number of hydrogen-bond acceptors (Lipinski definition) is 7. The first-order valence-electron chi connectivity index (χ1n) is 14.1. The number of carbonyl (C=O) groups excluding carboxylic acids is 2. The van der Waals surface area contributed by atoms with Crippen LogP contribution in [0.3, 0.4) is 0 Å². The number of aromatic nitrogens is 2. The van der Waals surface area contributed by atoms with E-state index in [1.807, 2.05) is 26.8 Å². The minimum atomic E-state index is -0.475. The van der Waals surface area contributed by atoms with E-state index in [-0.39, 0.29) is 18.0 Å². The third kappa shape index (κ3) is 6.93. The summed E-state index contributed by atoms with van der Waals surface area (Å²) in [6.07, 6.45) is 3.99. The molecule has 5 rings (SSSR count).